The standard InChI is InChI=1S/C10H12N2O2/c1-6-10(13)12(2)8-5-7(11)3-4-9(8)14-6/h3-6H,11H2,1-2H3/t6-/m0/s1. The predicted molar refractivity (Wildman–Crippen MR) is 54.4 cm³/mol. The molecule has 0 saturated heterocycles. The van der Waals surface area contributed by atoms with Gasteiger partial charge >= 0.3 is 0 Å². The van der Waals surface area contributed by atoms with Crippen molar-refractivity contribution in [3.05, 3.63) is 18.2 Å². The SMILES string of the molecule is C[C@@H]1Oc2ccc(N)cc2N(C)C1=O. The fourth-order valence-electron chi connectivity index (χ4n) is 1.53. The monoisotopic (exact) mass is 192 g/mol. The Hall–Kier alpha value is -1.71. The Bertz CT molecular complexity index is 390. The second-order valence-electron chi connectivity index (χ2n) is 3.38. The van der Waals surface area contributed by atoms with Crippen molar-refractivity contribution >= 4 is 17.3 Å². The number of anilines is 2. The van der Waals surface area contributed by atoms with E-state index in [1.165, 1.54) is 0 Å². The Morgan fingerprint density at radius 1 is 1.50 bits per heavy atom. The quantitative estimate of drug-likeness (QED) is 0.624. The van der Waals surface area contributed by atoms with Gasteiger partial charge in [0, 0.05) is 12.7 Å². The third-order valence-electron chi connectivity index (χ3n) is 2.33. The fraction of sp³-hybridized carbons (Fsp3) is 0.300. The second kappa shape index (κ2) is 2.90. The zero-order valence-corrected chi connectivity index (χ0v) is 8.15. The number of nitrogens with zero attached hydrogens (tertiary/aromatic N) is 1. The molecule has 0 saturated carbocycles. The third-order valence-corrected chi connectivity index (χ3v) is 2.33. The summed E-state index contributed by atoms with van der Waals surface area (Å²) in [5.41, 5.74) is 6.99. The molecular formula is C10H12N2O2. The number of fused-ring (bicyclic) bond motifs is 1. The first-order chi connectivity index (χ1) is 6.59. The van der Waals surface area contributed by atoms with Gasteiger partial charge in [-0.25, -0.2) is 0 Å². The number of carbonyl (C=O) groups is 1. The van der Waals surface area contributed by atoms with Crippen molar-refractivity contribution in [2.75, 3.05) is 17.7 Å². The van der Waals surface area contributed by atoms with Gasteiger partial charge < -0.3 is 15.4 Å². The molecule has 4 nitrogen and oxygen atoms in total. The summed E-state index contributed by atoms with van der Waals surface area (Å²) in [4.78, 5) is 13.1. The average Bonchev–Trinajstić information content (AvgIpc) is 2.16. The van der Waals surface area contributed by atoms with Crippen LogP contribution in [-0.2, 0) is 4.79 Å². The van der Waals surface area contributed by atoms with E-state index in [9.17, 15) is 4.79 Å². The maximum atomic E-state index is 11.6. The molecule has 1 aliphatic heterocycles. The molecule has 1 amide bonds. The topological polar surface area (TPSA) is 55.6 Å². The summed E-state index contributed by atoms with van der Waals surface area (Å²) < 4.78 is 5.42. The number of ether oxygens (including phenoxy) is 1. The Labute approximate surface area is 82.3 Å². The van der Waals surface area contributed by atoms with Crippen LogP contribution < -0.4 is 15.4 Å². The predicted octanol–water partition coefficient (Wildman–Crippen LogP) is 1.01. The van der Waals surface area contributed by atoms with Crippen LogP contribution in [0.5, 0.6) is 5.75 Å². The van der Waals surface area contributed by atoms with Crippen molar-refractivity contribution in [3.8, 4) is 5.75 Å². The van der Waals surface area contributed by atoms with E-state index in [4.69, 9.17) is 10.5 Å². The summed E-state index contributed by atoms with van der Waals surface area (Å²) in [5.74, 6) is 0.650. The van der Waals surface area contributed by atoms with Gasteiger partial charge in [0.2, 0.25) is 0 Å². The number of amides is 1. The number of hydrogen-bond acceptors (Lipinski definition) is 3. The number of likely N-dealkylation sites (N-methyl/N-ethyl adjacent to an activating group) is 1. The van der Waals surface area contributed by atoms with E-state index in [1.54, 1.807) is 37.1 Å². The molecule has 1 atom stereocenters. The van der Waals surface area contributed by atoms with Gasteiger partial charge in [-0.05, 0) is 25.1 Å². The number of hydrogen-bond donors (Lipinski definition) is 1. The Morgan fingerprint density at radius 2 is 2.21 bits per heavy atom. The van der Waals surface area contributed by atoms with Crippen molar-refractivity contribution < 1.29 is 9.53 Å². The van der Waals surface area contributed by atoms with E-state index >= 15 is 0 Å². The van der Waals surface area contributed by atoms with Gasteiger partial charge in [-0.3, -0.25) is 4.79 Å². The van der Waals surface area contributed by atoms with Gasteiger partial charge in [-0.15, -0.1) is 0 Å². The highest BCUT2D eigenvalue weighted by atomic mass is 16.5. The highest BCUT2D eigenvalue weighted by Gasteiger charge is 2.28. The van der Waals surface area contributed by atoms with Gasteiger partial charge in [0.05, 0.1) is 5.69 Å². The third kappa shape index (κ3) is 1.19. The molecule has 2 rings (SSSR count). The minimum absolute atomic E-state index is 0.0527. The largest absolute Gasteiger partial charge is 0.479 e. The first kappa shape index (κ1) is 8.87. The van der Waals surface area contributed by atoms with E-state index in [2.05, 4.69) is 0 Å². The van der Waals surface area contributed by atoms with Gasteiger partial charge in [-0.2, -0.15) is 0 Å². The fourth-order valence-corrected chi connectivity index (χ4v) is 1.53. The summed E-state index contributed by atoms with van der Waals surface area (Å²) in [7, 11) is 1.72. The summed E-state index contributed by atoms with van der Waals surface area (Å²) in [6.07, 6.45) is -0.420. The summed E-state index contributed by atoms with van der Waals surface area (Å²) in [5, 5.41) is 0. The van der Waals surface area contributed by atoms with Gasteiger partial charge in [0.25, 0.3) is 5.91 Å². The van der Waals surface area contributed by atoms with Gasteiger partial charge in [0.15, 0.2) is 6.10 Å². The first-order valence-corrected chi connectivity index (χ1v) is 4.43. The molecule has 0 radical (unpaired) electrons. The molecule has 0 spiro atoms. The Kier molecular flexibility index (Phi) is 1.84. The van der Waals surface area contributed by atoms with Crippen LogP contribution in [0.3, 0.4) is 0 Å². The van der Waals surface area contributed by atoms with Crippen LogP contribution in [0, 0.1) is 0 Å². The number of benzene rings is 1. The minimum atomic E-state index is -0.420. The molecule has 2 N–H and O–H groups in total. The second-order valence-corrected chi connectivity index (χ2v) is 3.38. The molecule has 14 heavy (non-hydrogen) atoms. The highest BCUT2D eigenvalue weighted by Crippen LogP contribution is 2.34. The highest BCUT2D eigenvalue weighted by molar-refractivity contribution is 5.99. The number of nitrogen functional groups attached to an aromatic ring is 1. The molecule has 0 unspecified atom stereocenters. The molecule has 1 aromatic rings. The van der Waals surface area contributed by atoms with Crippen LogP contribution in [0.4, 0.5) is 11.4 Å². The zero-order valence-electron chi connectivity index (χ0n) is 8.15. The van der Waals surface area contributed by atoms with Gasteiger partial charge in [0.1, 0.15) is 5.75 Å². The first-order valence-electron chi connectivity index (χ1n) is 4.43. The summed E-state index contributed by atoms with van der Waals surface area (Å²) in [6.45, 7) is 1.73. The normalized spacial score (nSPS) is 20.3. The van der Waals surface area contributed by atoms with E-state index in [-0.39, 0.29) is 5.91 Å². The molecule has 1 aromatic carbocycles. The van der Waals surface area contributed by atoms with Crippen LogP contribution in [0.1, 0.15) is 6.92 Å². The minimum Gasteiger partial charge on any atom is -0.479 e. The lowest BCUT2D eigenvalue weighted by Crippen LogP contribution is -2.41. The lowest BCUT2D eigenvalue weighted by molar-refractivity contribution is -0.125. The maximum absolute atomic E-state index is 11.6. The number of nitrogens with two attached hydrogens (primary N) is 1. The molecule has 1 heterocycles. The van der Waals surface area contributed by atoms with E-state index < -0.39 is 6.10 Å². The Morgan fingerprint density at radius 3 is 2.93 bits per heavy atom. The van der Waals surface area contributed by atoms with E-state index in [1.807, 2.05) is 0 Å². The van der Waals surface area contributed by atoms with Crippen LogP contribution >= 0.6 is 0 Å². The summed E-state index contributed by atoms with van der Waals surface area (Å²) >= 11 is 0. The molecule has 0 fully saturated rings. The number of carbonyl (C=O) groups excluding carboxylic acids is 1. The Balaban J connectivity index is 2.51. The van der Waals surface area contributed by atoms with Crippen LogP contribution in [0.25, 0.3) is 0 Å². The molecule has 74 valence electrons. The summed E-state index contributed by atoms with van der Waals surface area (Å²) in [6, 6.07) is 5.28. The van der Waals surface area contributed by atoms with Gasteiger partial charge in [-0.1, -0.05) is 0 Å². The van der Waals surface area contributed by atoms with Crippen LogP contribution in [0.15, 0.2) is 18.2 Å². The van der Waals surface area contributed by atoms with Crippen LogP contribution in [-0.4, -0.2) is 19.1 Å². The van der Waals surface area contributed by atoms with Crippen molar-refractivity contribution in [3.63, 3.8) is 0 Å². The number of rotatable bonds is 0. The lowest BCUT2D eigenvalue weighted by Gasteiger charge is -2.30. The van der Waals surface area contributed by atoms with E-state index in [0.717, 1.165) is 5.69 Å². The molecule has 4 heteroatoms. The van der Waals surface area contributed by atoms with Crippen molar-refractivity contribution in [1.29, 1.82) is 0 Å². The lowest BCUT2D eigenvalue weighted by atomic mass is 10.2. The van der Waals surface area contributed by atoms with Crippen molar-refractivity contribution in [2.45, 2.75) is 13.0 Å². The van der Waals surface area contributed by atoms with E-state index in [0.29, 0.717) is 11.4 Å². The average molecular weight is 192 g/mol. The molecule has 0 aromatic heterocycles. The zero-order chi connectivity index (χ0) is 10.3. The van der Waals surface area contributed by atoms with Crippen molar-refractivity contribution in [1.82, 2.24) is 0 Å². The van der Waals surface area contributed by atoms with Crippen molar-refractivity contribution in [2.24, 2.45) is 0 Å². The smallest absolute Gasteiger partial charge is 0.267 e. The molecule has 1 aliphatic rings. The van der Waals surface area contributed by atoms with Crippen LogP contribution in [0.2, 0.25) is 0 Å². The molecule has 0 bridgehead atoms. The molecular weight excluding hydrogens is 180 g/mol. The molecule has 0 aliphatic carbocycles. The maximum Gasteiger partial charge on any atom is 0.267 e.